The van der Waals surface area contributed by atoms with Crippen LogP contribution in [0.15, 0.2) is 47.4 Å². The Labute approximate surface area is 142 Å². The lowest BCUT2D eigenvalue weighted by molar-refractivity contribution is -0.139. The highest BCUT2D eigenvalue weighted by atomic mass is 35.5. The van der Waals surface area contributed by atoms with Crippen molar-refractivity contribution in [3.63, 3.8) is 0 Å². The van der Waals surface area contributed by atoms with Crippen molar-refractivity contribution in [3.8, 4) is 0 Å². The van der Waals surface area contributed by atoms with Crippen LogP contribution in [0.1, 0.15) is 5.56 Å². The molecule has 0 amide bonds. The highest BCUT2D eigenvalue weighted by molar-refractivity contribution is 7.92. The van der Waals surface area contributed by atoms with Crippen LogP contribution in [0.25, 0.3) is 0 Å². The van der Waals surface area contributed by atoms with Crippen molar-refractivity contribution in [1.82, 2.24) is 0 Å². The van der Waals surface area contributed by atoms with Gasteiger partial charge in [0, 0.05) is 30.5 Å². The smallest absolute Gasteiger partial charge is 0.378 e. The van der Waals surface area contributed by atoms with Crippen molar-refractivity contribution in [1.29, 1.82) is 0 Å². The molecule has 0 heterocycles. The van der Waals surface area contributed by atoms with Crippen molar-refractivity contribution in [2.24, 2.45) is 0 Å². The average molecular weight is 379 g/mol. The summed E-state index contributed by atoms with van der Waals surface area (Å²) < 4.78 is 66.1. The van der Waals surface area contributed by atoms with Crippen LogP contribution >= 0.6 is 11.6 Å². The fraction of sp³-hybridized carbons (Fsp3) is 0.200. The number of benzene rings is 2. The molecule has 2 rings (SSSR count). The lowest BCUT2D eigenvalue weighted by atomic mass is 10.2. The van der Waals surface area contributed by atoms with Crippen molar-refractivity contribution in [2.75, 3.05) is 23.7 Å². The Hall–Kier alpha value is -1.93. The van der Waals surface area contributed by atoms with Gasteiger partial charge in [0.15, 0.2) is 0 Å². The van der Waals surface area contributed by atoms with Gasteiger partial charge in [-0.2, -0.15) is 13.2 Å². The number of sulfonamides is 1. The molecule has 2 aromatic rings. The van der Waals surface area contributed by atoms with Gasteiger partial charge in [0.1, 0.15) is 0 Å². The number of halogens is 4. The summed E-state index contributed by atoms with van der Waals surface area (Å²) in [6, 6.07) is 8.74. The maximum Gasteiger partial charge on any atom is 0.417 e. The highest BCUT2D eigenvalue weighted by Crippen LogP contribution is 2.36. The number of nitrogens with zero attached hydrogens (tertiary/aromatic N) is 1. The third-order valence-corrected chi connectivity index (χ3v) is 4.85. The quantitative estimate of drug-likeness (QED) is 0.866. The zero-order valence-electron chi connectivity index (χ0n) is 12.7. The van der Waals surface area contributed by atoms with Gasteiger partial charge in [0.2, 0.25) is 0 Å². The highest BCUT2D eigenvalue weighted by Gasteiger charge is 2.37. The summed E-state index contributed by atoms with van der Waals surface area (Å²) in [5, 5.41) is -0.198. The summed E-state index contributed by atoms with van der Waals surface area (Å²) >= 11 is 5.56. The summed E-state index contributed by atoms with van der Waals surface area (Å²) in [5.41, 5.74) is -0.337. The molecule has 0 bridgehead atoms. The number of hydrogen-bond acceptors (Lipinski definition) is 3. The fourth-order valence-corrected chi connectivity index (χ4v) is 3.44. The van der Waals surface area contributed by atoms with Crippen LogP contribution in [0.5, 0.6) is 0 Å². The summed E-state index contributed by atoms with van der Waals surface area (Å²) in [4.78, 5) is 0.926. The molecule has 9 heteroatoms. The SMILES string of the molecule is CN(C)c1ccc(NS(=O)(=O)c2ccc(Cl)cc2C(F)(F)F)cc1. The fourth-order valence-electron chi connectivity index (χ4n) is 2.00. The Morgan fingerprint density at radius 1 is 1.04 bits per heavy atom. The van der Waals surface area contributed by atoms with Gasteiger partial charge in [-0.05, 0) is 42.5 Å². The van der Waals surface area contributed by atoms with Crippen molar-refractivity contribution >= 4 is 33.0 Å². The lowest BCUT2D eigenvalue weighted by Gasteiger charge is -2.16. The molecule has 0 saturated heterocycles. The van der Waals surface area contributed by atoms with E-state index in [1.54, 1.807) is 17.0 Å². The number of alkyl halides is 3. The van der Waals surface area contributed by atoms with Gasteiger partial charge >= 0.3 is 6.18 Å². The molecule has 0 atom stereocenters. The van der Waals surface area contributed by atoms with Crippen LogP contribution in [0.2, 0.25) is 5.02 Å². The van der Waals surface area contributed by atoms with Gasteiger partial charge in [0.25, 0.3) is 10.0 Å². The Kier molecular flexibility index (Phi) is 5.00. The number of rotatable bonds is 4. The maximum absolute atomic E-state index is 13.1. The zero-order chi connectivity index (χ0) is 18.1. The van der Waals surface area contributed by atoms with E-state index in [0.717, 1.165) is 17.8 Å². The summed E-state index contributed by atoms with van der Waals surface area (Å²) in [5.74, 6) is 0. The largest absolute Gasteiger partial charge is 0.417 e. The third kappa shape index (κ3) is 4.12. The van der Waals surface area contributed by atoms with E-state index in [9.17, 15) is 21.6 Å². The predicted octanol–water partition coefficient (Wildman–Crippen LogP) is 4.23. The van der Waals surface area contributed by atoms with E-state index in [1.165, 1.54) is 12.1 Å². The summed E-state index contributed by atoms with van der Waals surface area (Å²) in [7, 11) is -0.803. The Balaban J connectivity index is 2.41. The minimum atomic E-state index is -4.84. The minimum absolute atomic E-state index is 0.156. The Bertz CT molecular complexity index is 835. The second kappa shape index (κ2) is 6.52. The maximum atomic E-state index is 13.1. The molecule has 0 fully saturated rings. The molecule has 0 unspecified atom stereocenters. The average Bonchev–Trinajstić information content (AvgIpc) is 2.46. The van der Waals surface area contributed by atoms with Crippen LogP contribution < -0.4 is 9.62 Å². The van der Waals surface area contributed by atoms with Crippen LogP contribution in [0.4, 0.5) is 24.5 Å². The second-order valence-electron chi connectivity index (χ2n) is 5.19. The van der Waals surface area contributed by atoms with Gasteiger partial charge in [0.05, 0.1) is 10.5 Å². The molecule has 4 nitrogen and oxygen atoms in total. The van der Waals surface area contributed by atoms with Crippen molar-refractivity contribution < 1.29 is 21.6 Å². The number of hydrogen-bond donors (Lipinski definition) is 1. The van der Waals surface area contributed by atoms with E-state index in [1.807, 2.05) is 14.1 Å². The first-order valence-electron chi connectivity index (χ1n) is 6.67. The zero-order valence-corrected chi connectivity index (χ0v) is 14.3. The van der Waals surface area contributed by atoms with Crippen molar-refractivity contribution in [2.45, 2.75) is 11.1 Å². The van der Waals surface area contributed by atoms with E-state index < -0.39 is 26.7 Å². The minimum Gasteiger partial charge on any atom is -0.378 e. The monoisotopic (exact) mass is 378 g/mol. The van der Waals surface area contributed by atoms with E-state index in [-0.39, 0.29) is 10.7 Å². The number of nitrogens with one attached hydrogen (secondary N) is 1. The van der Waals surface area contributed by atoms with Gasteiger partial charge in [-0.25, -0.2) is 8.42 Å². The molecule has 2 aromatic carbocycles. The molecule has 0 aromatic heterocycles. The lowest BCUT2D eigenvalue weighted by Crippen LogP contribution is -2.19. The summed E-state index contributed by atoms with van der Waals surface area (Å²) in [6.07, 6.45) is -4.84. The molecule has 0 aliphatic carbocycles. The number of anilines is 2. The second-order valence-corrected chi connectivity index (χ2v) is 7.27. The van der Waals surface area contributed by atoms with Crippen molar-refractivity contribution in [3.05, 3.63) is 53.1 Å². The van der Waals surface area contributed by atoms with Gasteiger partial charge < -0.3 is 4.90 Å². The molecule has 0 aliphatic rings. The molecule has 0 radical (unpaired) electrons. The van der Waals surface area contributed by atoms with Crippen LogP contribution in [-0.2, 0) is 16.2 Å². The Morgan fingerprint density at radius 2 is 1.62 bits per heavy atom. The van der Waals surface area contributed by atoms with E-state index in [0.29, 0.717) is 6.07 Å². The molecule has 24 heavy (non-hydrogen) atoms. The topological polar surface area (TPSA) is 49.4 Å². The molecule has 0 saturated carbocycles. The molecule has 0 aliphatic heterocycles. The third-order valence-electron chi connectivity index (χ3n) is 3.17. The Morgan fingerprint density at radius 3 is 2.12 bits per heavy atom. The molecule has 1 N–H and O–H groups in total. The normalized spacial score (nSPS) is 12.1. The molecule has 130 valence electrons. The first-order valence-corrected chi connectivity index (χ1v) is 8.54. The predicted molar refractivity (Wildman–Crippen MR) is 88.0 cm³/mol. The first-order chi connectivity index (χ1) is 11.0. The van der Waals surface area contributed by atoms with E-state index in [2.05, 4.69) is 4.72 Å². The van der Waals surface area contributed by atoms with Crippen LogP contribution in [0.3, 0.4) is 0 Å². The van der Waals surface area contributed by atoms with E-state index >= 15 is 0 Å². The van der Waals surface area contributed by atoms with Crippen LogP contribution in [-0.4, -0.2) is 22.5 Å². The summed E-state index contributed by atoms with van der Waals surface area (Å²) in [6.45, 7) is 0. The van der Waals surface area contributed by atoms with E-state index in [4.69, 9.17) is 11.6 Å². The van der Waals surface area contributed by atoms with Gasteiger partial charge in [-0.15, -0.1) is 0 Å². The molecular weight excluding hydrogens is 365 g/mol. The molecule has 0 spiro atoms. The van der Waals surface area contributed by atoms with Crippen LogP contribution in [0, 0.1) is 0 Å². The van der Waals surface area contributed by atoms with Gasteiger partial charge in [-0.1, -0.05) is 11.6 Å². The first kappa shape index (κ1) is 18.4. The molecular formula is C15H14ClF3N2O2S. The van der Waals surface area contributed by atoms with Gasteiger partial charge in [-0.3, -0.25) is 4.72 Å². The standard InChI is InChI=1S/C15H14ClF3N2O2S/c1-21(2)12-6-4-11(5-7-12)20-24(22,23)14-8-3-10(16)9-13(14)15(17,18)19/h3-9,20H,1-2H3.